The summed E-state index contributed by atoms with van der Waals surface area (Å²) in [5.74, 6) is -1.09. The van der Waals surface area contributed by atoms with Gasteiger partial charge in [0.2, 0.25) is 11.9 Å². The molecule has 0 aliphatic rings. The first kappa shape index (κ1) is 24.7. The molecule has 0 saturated heterocycles. The summed E-state index contributed by atoms with van der Waals surface area (Å²) in [6.07, 6.45) is 1.07. The molecule has 30 heavy (non-hydrogen) atoms. The molecule has 2 aromatic rings. The van der Waals surface area contributed by atoms with Gasteiger partial charge in [-0.3, -0.25) is 10.1 Å². The number of anilines is 1. The summed E-state index contributed by atoms with van der Waals surface area (Å²) in [4.78, 5) is 20.4. The molecule has 7 nitrogen and oxygen atoms in total. The molecule has 0 bridgehead atoms. The molecule has 0 spiro atoms. The van der Waals surface area contributed by atoms with Gasteiger partial charge in [-0.2, -0.15) is 9.97 Å². The van der Waals surface area contributed by atoms with Crippen LogP contribution in [0.1, 0.15) is 34.6 Å². The number of hydrogen-bond acceptors (Lipinski definition) is 5. The second kappa shape index (κ2) is 9.71. The normalized spacial score (nSPS) is 13.6. The monoisotopic (exact) mass is 464 g/mol. The molecule has 0 aromatic carbocycles. The van der Waals surface area contributed by atoms with Crippen LogP contribution in [-0.4, -0.2) is 51.9 Å². The van der Waals surface area contributed by atoms with Crippen molar-refractivity contribution in [2.75, 3.05) is 30.7 Å². The van der Waals surface area contributed by atoms with Crippen molar-refractivity contribution >= 4 is 41.6 Å². The molecular weight excluding hydrogens is 437 g/mol. The Kier molecular flexibility index (Phi) is 7.99. The minimum absolute atomic E-state index is 0.0316. The summed E-state index contributed by atoms with van der Waals surface area (Å²) in [5, 5.41) is 2.36. The molecule has 0 unspecified atom stereocenters. The van der Waals surface area contributed by atoms with E-state index < -0.39 is 31.2 Å². The smallest absolute Gasteiger partial charge is 0.232 e. The van der Waals surface area contributed by atoms with Crippen LogP contribution in [0.25, 0.3) is 11.0 Å². The zero-order valence-corrected chi connectivity index (χ0v) is 19.5. The second-order valence-electron chi connectivity index (χ2n) is 8.13. The van der Waals surface area contributed by atoms with Gasteiger partial charge in [0.1, 0.15) is 37.1 Å². The van der Waals surface area contributed by atoms with Crippen LogP contribution in [0.4, 0.5) is 14.7 Å². The van der Waals surface area contributed by atoms with Gasteiger partial charge in [0.25, 0.3) is 0 Å². The number of fused-ring (bicyclic) bond motifs is 1. The van der Waals surface area contributed by atoms with E-state index in [9.17, 15) is 18.1 Å². The van der Waals surface area contributed by atoms with E-state index in [1.165, 1.54) is 4.57 Å². The van der Waals surface area contributed by atoms with Gasteiger partial charge in [0.15, 0.2) is 5.82 Å². The van der Waals surface area contributed by atoms with Gasteiger partial charge in [0, 0.05) is 23.9 Å². The van der Waals surface area contributed by atoms with E-state index in [0.717, 1.165) is 6.20 Å². The van der Waals surface area contributed by atoms with Gasteiger partial charge < -0.3 is 13.9 Å². The van der Waals surface area contributed by atoms with E-state index in [2.05, 4.69) is 15.3 Å². The Morgan fingerprint density at radius 3 is 2.50 bits per heavy atom. The maximum Gasteiger partial charge on any atom is 0.232 e. The average Bonchev–Trinajstić information content (AvgIpc) is 2.99. The number of aromatic nitrogens is 3. The molecule has 2 heterocycles. The van der Waals surface area contributed by atoms with E-state index in [1.54, 1.807) is 34.6 Å². The Labute approximate surface area is 179 Å². The number of nitrogens with one attached hydrogen (secondary N) is 1. The molecule has 0 aliphatic heterocycles. The fourth-order valence-corrected chi connectivity index (χ4v) is 4.14. The molecule has 2 rings (SSSR count). The second-order valence-corrected chi connectivity index (χ2v) is 12.1. The third-order valence-corrected chi connectivity index (χ3v) is 8.00. The molecule has 1 atom stereocenters. The highest BCUT2D eigenvalue weighted by Gasteiger charge is 2.25. The lowest BCUT2D eigenvalue weighted by atomic mass is 9.96. The third-order valence-electron chi connectivity index (χ3n) is 4.80. The number of hydrogen-bond donors (Lipinski definition) is 1. The van der Waals surface area contributed by atoms with Crippen molar-refractivity contribution in [2.45, 2.75) is 47.3 Å². The van der Waals surface area contributed by atoms with Crippen LogP contribution in [0, 0.1) is 11.2 Å². The lowest BCUT2D eigenvalue weighted by molar-refractivity contribution is -0.123. The van der Waals surface area contributed by atoms with Gasteiger partial charge in [-0.25, -0.2) is 8.78 Å². The van der Waals surface area contributed by atoms with E-state index in [4.69, 9.17) is 16.3 Å². The summed E-state index contributed by atoms with van der Waals surface area (Å²) in [7, 11) is -2.51. The number of halogens is 3. The van der Waals surface area contributed by atoms with Crippen molar-refractivity contribution in [1.29, 1.82) is 0 Å². The van der Waals surface area contributed by atoms with Crippen LogP contribution in [-0.2, 0) is 20.6 Å². The summed E-state index contributed by atoms with van der Waals surface area (Å²) >= 11 is 6.11. The molecule has 168 valence electrons. The highest BCUT2D eigenvalue weighted by Crippen LogP contribution is 2.44. The van der Waals surface area contributed by atoms with Crippen molar-refractivity contribution in [3.63, 3.8) is 0 Å². The van der Waals surface area contributed by atoms with Crippen molar-refractivity contribution < 1.29 is 22.9 Å². The zero-order chi connectivity index (χ0) is 22.7. The van der Waals surface area contributed by atoms with Gasteiger partial charge in [-0.15, -0.1) is 0 Å². The number of carbonyl (C=O) groups is 1. The van der Waals surface area contributed by atoms with Crippen molar-refractivity contribution in [1.82, 2.24) is 14.5 Å². The van der Waals surface area contributed by atoms with Crippen LogP contribution >= 0.6 is 18.7 Å². The Hall–Kier alpha value is -1.57. The summed E-state index contributed by atoms with van der Waals surface area (Å²) in [5.41, 5.74) is -0.592. The summed E-state index contributed by atoms with van der Waals surface area (Å²) in [6.45, 7) is 7.86. The number of rotatable bonds is 9. The first-order valence-corrected chi connectivity index (χ1v) is 12.4. The largest absolute Gasteiger partial charge is 0.366 e. The minimum atomic E-state index is -2.51. The van der Waals surface area contributed by atoms with E-state index in [0.29, 0.717) is 12.3 Å². The van der Waals surface area contributed by atoms with Gasteiger partial charge >= 0.3 is 0 Å². The van der Waals surface area contributed by atoms with Crippen LogP contribution < -0.4 is 5.32 Å². The molecule has 0 saturated carbocycles. The van der Waals surface area contributed by atoms with Gasteiger partial charge in [0.05, 0.1) is 11.9 Å². The predicted molar refractivity (Wildman–Crippen MR) is 115 cm³/mol. The number of carbonyl (C=O) groups excluding carboxylic acids is 1. The SMILES string of the molecule is CCP(=O)(CC)CO[C@@H](CF)Cn1cc(F)c2c(Cl)nc(NC(=O)C(C)(C)C)nc21. The lowest BCUT2D eigenvalue weighted by Gasteiger charge is -2.20. The van der Waals surface area contributed by atoms with Crippen LogP contribution in [0.15, 0.2) is 6.20 Å². The zero-order valence-electron chi connectivity index (χ0n) is 17.8. The maximum atomic E-state index is 14.4. The van der Waals surface area contributed by atoms with Crippen LogP contribution in [0.5, 0.6) is 0 Å². The Bertz CT molecular complexity index is 953. The Morgan fingerprint density at radius 2 is 1.97 bits per heavy atom. The summed E-state index contributed by atoms with van der Waals surface area (Å²) in [6, 6.07) is 0. The molecular formula is C19H28ClF2N4O3P. The quantitative estimate of drug-likeness (QED) is 0.420. The molecule has 1 N–H and O–H groups in total. The highest BCUT2D eigenvalue weighted by atomic mass is 35.5. The van der Waals surface area contributed by atoms with Crippen molar-refractivity contribution in [3.05, 3.63) is 17.2 Å². The van der Waals surface area contributed by atoms with Crippen LogP contribution in [0.2, 0.25) is 5.15 Å². The van der Waals surface area contributed by atoms with Crippen molar-refractivity contribution in [2.24, 2.45) is 5.41 Å². The van der Waals surface area contributed by atoms with Gasteiger partial charge in [-0.05, 0) is 0 Å². The van der Waals surface area contributed by atoms with Crippen LogP contribution in [0.3, 0.4) is 0 Å². The molecule has 11 heteroatoms. The van der Waals surface area contributed by atoms with E-state index in [-0.39, 0.29) is 40.9 Å². The topological polar surface area (TPSA) is 86.1 Å². The predicted octanol–water partition coefficient (Wildman–Crippen LogP) is 4.92. The molecule has 0 fully saturated rings. The molecule has 1 amide bonds. The number of alkyl halides is 1. The molecule has 0 aliphatic carbocycles. The third kappa shape index (κ3) is 5.77. The Balaban J connectivity index is 2.32. The number of ether oxygens (including phenoxy) is 1. The van der Waals surface area contributed by atoms with Gasteiger partial charge in [-0.1, -0.05) is 46.2 Å². The highest BCUT2D eigenvalue weighted by molar-refractivity contribution is 7.63. The Morgan fingerprint density at radius 1 is 1.33 bits per heavy atom. The fraction of sp³-hybridized carbons (Fsp3) is 0.632. The summed E-state index contributed by atoms with van der Waals surface area (Å²) < 4.78 is 47.4. The molecule has 0 radical (unpaired) electrons. The first-order chi connectivity index (χ1) is 13.9. The lowest BCUT2D eigenvalue weighted by Crippen LogP contribution is -2.28. The maximum absolute atomic E-state index is 14.4. The van der Waals surface area contributed by atoms with E-state index >= 15 is 0 Å². The first-order valence-electron chi connectivity index (χ1n) is 9.72. The molecule has 2 aromatic heterocycles. The van der Waals surface area contributed by atoms with Crippen molar-refractivity contribution in [3.8, 4) is 0 Å². The minimum Gasteiger partial charge on any atom is -0.366 e. The average molecular weight is 465 g/mol. The standard InChI is InChI=1S/C19H28ClF2N4O3P/c1-6-30(28,7-2)11-29-12(8-21)9-26-10-13(22)14-15(20)23-18(24-16(14)26)25-17(27)19(3,4)5/h10,12H,6-9,11H2,1-5H3,(H,23,24,25,27)/t12-/m0/s1. The number of amides is 1. The van der Waals surface area contributed by atoms with E-state index in [1.807, 2.05) is 0 Å². The number of nitrogens with zero attached hydrogens (tertiary/aromatic N) is 3. The fourth-order valence-electron chi connectivity index (χ4n) is 2.60.